The van der Waals surface area contributed by atoms with E-state index in [1.165, 1.54) is 0 Å². The van der Waals surface area contributed by atoms with Crippen LogP contribution in [0, 0.1) is 0 Å². The van der Waals surface area contributed by atoms with E-state index >= 15 is 0 Å². The van der Waals surface area contributed by atoms with Crippen LogP contribution >= 0.6 is 8.25 Å². The Kier molecular flexibility index (Phi) is 9.96. The molecule has 0 bridgehead atoms. The molecule has 0 heterocycles. The van der Waals surface area contributed by atoms with Crippen LogP contribution in [0.4, 0.5) is 4.79 Å². The Hall–Kier alpha value is -0.710. The van der Waals surface area contributed by atoms with Gasteiger partial charge in [0.1, 0.15) is 0 Å². The van der Waals surface area contributed by atoms with Gasteiger partial charge in [0.2, 0.25) is 0 Å². The second-order valence-electron chi connectivity index (χ2n) is 1.00. The molecule has 0 aliphatic heterocycles. The van der Waals surface area contributed by atoms with Crippen LogP contribution in [0.1, 0.15) is 6.92 Å². The molecule has 0 saturated carbocycles. The number of primary amides is 1. The quantitative estimate of drug-likeness (QED) is 0.469. The third-order valence-corrected chi connectivity index (χ3v) is 0.287. The Morgan fingerprint density at radius 3 is 2.00 bits per heavy atom. The summed E-state index contributed by atoms with van der Waals surface area (Å²) in [6, 6.07) is 0. The highest BCUT2D eigenvalue weighted by Crippen LogP contribution is 1.98. The van der Waals surface area contributed by atoms with E-state index in [0.29, 0.717) is 6.61 Å². The van der Waals surface area contributed by atoms with Crippen LogP contribution in [0.5, 0.6) is 0 Å². The summed E-state index contributed by atoms with van der Waals surface area (Å²) in [4.78, 5) is 23.8. The number of hydrogen-bond acceptors (Lipinski definition) is 3. The first kappa shape index (κ1) is 12.0. The summed E-state index contributed by atoms with van der Waals surface area (Å²) in [5.41, 5.74) is 4.54. The largest absolute Gasteiger partial charge is 0.692 e. The number of ether oxygens (including phenoxy) is 1. The average Bonchev–Trinajstić information content (AvgIpc) is 1.62. The zero-order valence-corrected chi connectivity index (χ0v) is 6.25. The second-order valence-corrected chi connectivity index (χ2v) is 1.51. The van der Waals surface area contributed by atoms with Crippen LogP contribution in [-0.2, 0) is 9.30 Å². The molecule has 0 spiro atoms. The van der Waals surface area contributed by atoms with Crippen LogP contribution in [0.3, 0.4) is 0 Å². The van der Waals surface area contributed by atoms with Crippen LogP contribution < -0.4 is 5.73 Å². The molecule has 0 aromatic heterocycles. The lowest BCUT2D eigenvalue weighted by Gasteiger charge is -1.89. The van der Waals surface area contributed by atoms with Crippen molar-refractivity contribution < 1.29 is 23.9 Å². The van der Waals surface area contributed by atoms with Crippen molar-refractivity contribution in [1.29, 1.82) is 0 Å². The molecule has 10 heavy (non-hydrogen) atoms. The average molecular weight is 170 g/mol. The van der Waals surface area contributed by atoms with Crippen LogP contribution in [0.15, 0.2) is 0 Å². The molecule has 0 saturated heterocycles. The molecule has 4 N–H and O–H groups in total. The molecular formula is C3H9NO5P+. The standard InChI is InChI=1S/C3H7NO2.HO3P/c1-2-6-3(4)5;1-4(2)3/h2H2,1H3,(H2,4,5);(H-,1,2,3)/p+1. The normalized spacial score (nSPS) is 7.10. The third kappa shape index (κ3) is 55.0. The first-order chi connectivity index (χ1) is 4.50. The van der Waals surface area contributed by atoms with Crippen molar-refractivity contribution in [3.05, 3.63) is 0 Å². The molecule has 0 aromatic carbocycles. The van der Waals surface area contributed by atoms with Crippen molar-refractivity contribution in [3.8, 4) is 0 Å². The monoisotopic (exact) mass is 170 g/mol. The lowest BCUT2D eigenvalue weighted by atomic mass is 10.9. The molecule has 0 radical (unpaired) electrons. The molecule has 0 unspecified atom stereocenters. The highest BCUT2D eigenvalue weighted by atomic mass is 31.1. The number of hydrogen-bond donors (Lipinski definition) is 3. The van der Waals surface area contributed by atoms with Gasteiger partial charge in [0.25, 0.3) is 0 Å². The molecule has 7 heteroatoms. The molecule has 0 rings (SSSR count). The third-order valence-electron chi connectivity index (χ3n) is 0.287. The van der Waals surface area contributed by atoms with Crippen LogP contribution in [0.25, 0.3) is 0 Å². The van der Waals surface area contributed by atoms with E-state index in [4.69, 9.17) is 14.4 Å². The fourth-order valence-corrected chi connectivity index (χ4v) is 0.142. The van der Waals surface area contributed by atoms with Crippen LogP contribution in [-0.4, -0.2) is 22.5 Å². The van der Waals surface area contributed by atoms with Crippen LogP contribution in [0.2, 0.25) is 0 Å². The zero-order chi connectivity index (χ0) is 8.57. The summed E-state index contributed by atoms with van der Waals surface area (Å²) < 4.78 is 12.9. The summed E-state index contributed by atoms with van der Waals surface area (Å²) in [6.07, 6.45) is -0.711. The van der Waals surface area contributed by atoms with Crippen molar-refractivity contribution in [1.82, 2.24) is 0 Å². The highest BCUT2D eigenvalue weighted by molar-refractivity contribution is 7.30. The molecule has 0 aliphatic rings. The summed E-state index contributed by atoms with van der Waals surface area (Å²) >= 11 is 0. The Labute approximate surface area is 58.6 Å². The maximum absolute atomic E-state index is 9.60. The lowest BCUT2D eigenvalue weighted by molar-refractivity contribution is 0.163. The first-order valence-electron chi connectivity index (χ1n) is 2.28. The summed E-state index contributed by atoms with van der Waals surface area (Å²) in [7, 11) is -2.87. The Morgan fingerprint density at radius 1 is 1.70 bits per heavy atom. The Bertz CT molecular complexity index is 111. The molecule has 0 aromatic rings. The summed E-state index contributed by atoms with van der Waals surface area (Å²) in [6.45, 7) is 2.06. The SMILES string of the molecule is CCOC(N)=O.O=[P+](O)O. The van der Waals surface area contributed by atoms with Crippen molar-refractivity contribution in [2.45, 2.75) is 6.92 Å². The van der Waals surface area contributed by atoms with Crippen molar-refractivity contribution >= 4 is 14.3 Å². The van der Waals surface area contributed by atoms with Gasteiger partial charge in [-0.15, -0.1) is 9.79 Å². The van der Waals surface area contributed by atoms with Gasteiger partial charge in [-0.2, -0.15) is 0 Å². The first-order valence-corrected chi connectivity index (χ1v) is 3.44. The van der Waals surface area contributed by atoms with E-state index in [1.54, 1.807) is 6.92 Å². The van der Waals surface area contributed by atoms with E-state index < -0.39 is 14.3 Å². The number of carbonyl (C=O) groups excluding carboxylic acids is 1. The lowest BCUT2D eigenvalue weighted by Crippen LogP contribution is -2.11. The number of carbonyl (C=O) groups is 1. The van der Waals surface area contributed by atoms with Gasteiger partial charge in [-0.25, -0.2) is 4.79 Å². The zero-order valence-electron chi connectivity index (χ0n) is 5.35. The van der Waals surface area contributed by atoms with Gasteiger partial charge in [-0.1, -0.05) is 0 Å². The van der Waals surface area contributed by atoms with Gasteiger partial charge in [-0.05, 0) is 6.92 Å². The fourth-order valence-electron chi connectivity index (χ4n) is 0.142. The number of rotatable bonds is 1. The molecule has 6 nitrogen and oxygen atoms in total. The van der Waals surface area contributed by atoms with E-state index in [9.17, 15) is 4.79 Å². The maximum Gasteiger partial charge on any atom is 0.692 e. The minimum absolute atomic E-state index is 0.356. The minimum atomic E-state index is -2.87. The molecule has 0 fully saturated rings. The van der Waals surface area contributed by atoms with E-state index in [1.807, 2.05) is 0 Å². The molecule has 60 valence electrons. The molecule has 0 aliphatic carbocycles. The summed E-state index contributed by atoms with van der Waals surface area (Å²) in [5.74, 6) is 0. The van der Waals surface area contributed by atoms with Crippen molar-refractivity contribution in [2.24, 2.45) is 5.73 Å². The van der Waals surface area contributed by atoms with E-state index in [-0.39, 0.29) is 0 Å². The van der Waals surface area contributed by atoms with E-state index in [2.05, 4.69) is 10.5 Å². The van der Waals surface area contributed by atoms with Gasteiger partial charge < -0.3 is 10.5 Å². The van der Waals surface area contributed by atoms with Gasteiger partial charge in [0, 0.05) is 4.57 Å². The fraction of sp³-hybridized carbons (Fsp3) is 0.667. The number of amides is 1. The van der Waals surface area contributed by atoms with Crippen molar-refractivity contribution in [3.63, 3.8) is 0 Å². The Balaban J connectivity index is 0. The predicted octanol–water partition coefficient (Wildman–Crippen LogP) is -0.270. The Morgan fingerprint density at radius 2 is 2.00 bits per heavy atom. The van der Waals surface area contributed by atoms with Gasteiger partial charge in [-0.3, -0.25) is 0 Å². The second kappa shape index (κ2) is 8.29. The van der Waals surface area contributed by atoms with Gasteiger partial charge in [0.05, 0.1) is 6.61 Å². The maximum atomic E-state index is 9.60. The molecule has 1 amide bonds. The topological polar surface area (TPSA) is 110 Å². The molecule has 0 atom stereocenters. The molecular weight excluding hydrogens is 161 g/mol. The highest BCUT2D eigenvalue weighted by Gasteiger charge is 1.93. The van der Waals surface area contributed by atoms with E-state index in [0.717, 1.165) is 0 Å². The smallest absolute Gasteiger partial charge is 0.450 e. The predicted molar refractivity (Wildman–Crippen MR) is 33.3 cm³/mol. The van der Waals surface area contributed by atoms with Crippen molar-refractivity contribution in [2.75, 3.05) is 6.61 Å². The minimum Gasteiger partial charge on any atom is -0.450 e. The summed E-state index contributed by atoms with van der Waals surface area (Å²) in [5, 5.41) is 0. The number of nitrogens with two attached hydrogens (primary N) is 1. The van der Waals surface area contributed by atoms with Gasteiger partial charge in [0.15, 0.2) is 0 Å². The van der Waals surface area contributed by atoms with Gasteiger partial charge >= 0.3 is 14.3 Å².